The fourth-order valence-corrected chi connectivity index (χ4v) is 2.84. The fourth-order valence-electron chi connectivity index (χ4n) is 2.31. The normalized spacial score (nSPS) is 10.6. The topological polar surface area (TPSA) is 80.3 Å². The molecule has 0 aliphatic carbocycles. The van der Waals surface area contributed by atoms with Gasteiger partial charge in [0.25, 0.3) is 5.91 Å². The van der Waals surface area contributed by atoms with Crippen LogP contribution in [0.3, 0.4) is 0 Å². The molecule has 2 N–H and O–H groups in total. The van der Waals surface area contributed by atoms with Gasteiger partial charge in [0.15, 0.2) is 5.13 Å². The van der Waals surface area contributed by atoms with Crippen molar-refractivity contribution in [3.8, 4) is 5.75 Å². The second kappa shape index (κ2) is 8.77. The highest BCUT2D eigenvalue weighted by Gasteiger charge is 2.08. The number of anilines is 2. The number of nitrogens with one attached hydrogen (secondary N) is 2. The molecule has 2 aromatic carbocycles. The number of benzene rings is 2. The van der Waals surface area contributed by atoms with Crippen molar-refractivity contribution in [2.24, 2.45) is 0 Å². The van der Waals surface area contributed by atoms with Gasteiger partial charge in [-0.15, -0.1) is 11.3 Å². The number of para-hydroxylation sites is 1. The van der Waals surface area contributed by atoms with Crippen molar-refractivity contribution in [1.82, 2.24) is 4.98 Å². The van der Waals surface area contributed by atoms with Crippen molar-refractivity contribution in [3.63, 3.8) is 0 Å². The van der Waals surface area contributed by atoms with Crippen LogP contribution < -0.4 is 15.4 Å². The molecule has 1 heterocycles. The first-order valence-corrected chi connectivity index (χ1v) is 8.96. The molecule has 0 atom stereocenters. The monoisotopic (exact) mass is 379 g/mol. The number of nitrogens with zero attached hydrogens (tertiary/aromatic N) is 1. The van der Waals surface area contributed by atoms with Gasteiger partial charge in [-0.1, -0.05) is 18.2 Å². The molecule has 136 valence electrons. The Morgan fingerprint density at radius 3 is 2.56 bits per heavy atom. The Balaban J connectivity index is 1.60. The van der Waals surface area contributed by atoms with E-state index in [2.05, 4.69) is 15.6 Å². The van der Waals surface area contributed by atoms with Gasteiger partial charge in [-0.3, -0.25) is 14.9 Å². The van der Waals surface area contributed by atoms with E-state index in [-0.39, 0.29) is 11.8 Å². The van der Waals surface area contributed by atoms with Crippen molar-refractivity contribution in [2.75, 3.05) is 17.7 Å². The zero-order chi connectivity index (χ0) is 19.1. The summed E-state index contributed by atoms with van der Waals surface area (Å²) in [7, 11) is 1.58. The number of thiazole rings is 1. The minimum absolute atomic E-state index is 0.251. The van der Waals surface area contributed by atoms with E-state index in [9.17, 15) is 9.59 Å². The average Bonchev–Trinajstić information content (AvgIpc) is 3.20. The van der Waals surface area contributed by atoms with Crippen LogP contribution in [0.25, 0.3) is 6.08 Å². The SMILES string of the molecule is COc1ccccc1/C=C/C(=O)Nc1ccc(C(=O)Nc2nccs2)cc1. The Morgan fingerprint density at radius 2 is 1.85 bits per heavy atom. The summed E-state index contributed by atoms with van der Waals surface area (Å²) in [5.41, 5.74) is 1.88. The van der Waals surface area contributed by atoms with E-state index in [0.717, 1.165) is 5.56 Å². The van der Waals surface area contributed by atoms with Gasteiger partial charge < -0.3 is 10.1 Å². The van der Waals surface area contributed by atoms with Gasteiger partial charge in [0.05, 0.1) is 7.11 Å². The molecule has 0 saturated heterocycles. The average molecular weight is 379 g/mol. The zero-order valence-corrected chi connectivity index (χ0v) is 15.3. The molecule has 6 nitrogen and oxygen atoms in total. The zero-order valence-electron chi connectivity index (χ0n) is 14.5. The van der Waals surface area contributed by atoms with Gasteiger partial charge in [0.1, 0.15) is 5.75 Å². The Kier molecular flexibility index (Phi) is 5.96. The maximum atomic E-state index is 12.1. The molecule has 0 saturated carbocycles. The lowest BCUT2D eigenvalue weighted by atomic mass is 10.2. The molecule has 0 spiro atoms. The van der Waals surface area contributed by atoms with E-state index in [1.807, 2.05) is 24.3 Å². The van der Waals surface area contributed by atoms with E-state index in [1.54, 1.807) is 49.0 Å². The molecule has 1 aromatic heterocycles. The summed E-state index contributed by atoms with van der Waals surface area (Å²) in [5.74, 6) is 0.164. The summed E-state index contributed by atoms with van der Waals surface area (Å²) < 4.78 is 5.24. The van der Waals surface area contributed by atoms with Gasteiger partial charge >= 0.3 is 0 Å². The quantitative estimate of drug-likeness (QED) is 0.633. The van der Waals surface area contributed by atoms with E-state index >= 15 is 0 Å². The van der Waals surface area contributed by atoms with Gasteiger partial charge in [-0.25, -0.2) is 4.98 Å². The summed E-state index contributed by atoms with van der Waals surface area (Å²) in [5, 5.41) is 7.78. The second-order valence-electron chi connectivity index (χ2n) is 5.43. The van der Waals surface area contributed by atoms with Crippen molar-refractivity contribution < 1.29 is 14.3 Å². The molecule has 0 aliphatic rings. The van der Waals surface area contributed by atoms with Crippen LogP contribution in [0.1, 0.15) is 15.9 Å². The smallest absolute Gasteiger partial charge is 0.257 e. The molecule has 0 bridgehead atoms. The predicted octanol–water partition coefficient (Wildman–Crippen LogP) is 4.06. The van der Waals surface area contributed by atoms with Gasteiger partial charge in [-0.05, 0) is 36.4 Å². The lowest BCUT2D eigenvalue weighted by Gasteiger charge is -2.05. The molecule has 3 rings (SSSR count). The highest BCUT2D eigenvalue weighted by molar-refractivity contribution is 7.13. The lowest BCUT2D eigenvalue weighted by molar-refractivity contribution is -0.111. The number of hydrogen-bond donors (Lipinski definition) is 2. The highest BCUT2D eigenvalue weighted by atomic mass is 32.1. The summed E-state index contributed by atoms with van der Waals surface area (Å²) in [4.78, 5) is 28.2. The largest absolute Gasteiger partial charge is 0.496 e. The molecule has 2 amide bonds. The van der Waals surface area contributed by atoms with Crippen LogP contribution in [0.15, 0.2) is 66.2 Å². The van der Waals surface area contributed by atoms with Crippen molar-refractivity contribution >= 4 is 40.0 Å². The second-order valence-corrected chi connectivity index (χ2v) is 6.33. The van der Waals surface area contributed by atoms with Crippen LogP contribution in [0.4, 0.5) is 10.8 Å². The minimum Gasteiger partial charge on any atom is -0.496 e. The number of hydrogen-bond acceptors (Lipinski definition) is 5. The molecule has 27 heavy (non-hydrogen) atoms. The molecular weight excluding hydrogens is 362 g/mol. The minimum atomic E-state index is -0.277. The Hall–Kier alpha value is -3.45. The Morgan fingerprint density at radius 1 is 1.07 bits per heavy atom. The molecular formula is C20H17N3O3S. The highest BCUT2D eigenvalue weighted by Crippen LogP contribution is 2.19. The number of amides is 2. The molecule has 3 aromatic rings. The summed E-state index contributed by atoms with van der Waals surface area (Å²) in [6.07, 6.45) is 4.74. The maximum absolute atomic E-state index is 12.1. The molecule has 0 radical (unpaired) electrons. The third-order valence-corrected chi connectivity index (χ3v) is 4.31. The summed E-state index contributed by atoms with van der Waals surface area (Å²) >= 11 is 1.35. The van der Waals surface area contributed by atoms with Crippen LogP contribution in [0.2, 0.25) is 0 Å². The number of rotatable bonds is 6. The van der Waals surface area contributed by atoms with Gasteiger partial charge in [0, 0.05) is 34.5 Å². The Labute approximate surface area is 160 Å². The van der Waals surface area contributed by atoms with Crippen LogP contribution >= 0.6 is 11.3 Å². The van der Waals surface area contributed by atoms with Crippen molar-refractivity contribution in [2.45, 2.75) is 0 Å². The molecule has 0 unspecified atom stereocenters. The van der Waals surface area contributed by atoms with Gasteiger partial charge in [0.2, 0.25) is 5.91 Å². The first kappa shape index (κ1) is 18.3. The summed E-state index contributed by atoms with van der Waals surface area (Å²) in [6, 6.07) is 14.0. The number of aromatic nitrogens is 1. The maximum Gasteiger partial charge on any atom is 0.257 e. The van der Waals surface area contributed by atoms with Crippen LogP contribution in [0, 0.1) is 0 Å². The lowest BCUT2D eigenvalue weighted by Crippen LogP contribution is -2.12. The van der Waals surface area contributed by atoms with Crippen molar-refractivity contribution in [1.29, 1.82) is 0 Å². The number of ether oxygens (including phenoxy) is 1. The summed E-state index contributed by atoms with van der Waals surface area (Å²) in [6.45, 7) is 0. The van der Waals surface area contributed by atoms with Crippen LogP contribution in [-0.4, -0.2) is 23.9 Å². The molecule has 0 aliphatic heterocycles. The standard InChI is InChI=1S/C20H17N3O3S/c1-26-17-5-3-2-4-14(17)8-11-18(24)22-16-9-6-15(7-10-16)19(25)23-20-21-12-13-27-20/h2-13H,1H3,(H,22,24)(H,21,23,25)/b11-8+. The van der Waals surface area contributed by atoms with E-state index < -0.39 is 0 Å². The first-order chi connectivity index (χ1) is 13.2. The fraction of sp³-hybridized carbons (Fsp3) is 0.0500. The van der Waals surface area contributed by atoms with Gasteiger partial charge in [-0.2, -0.15) is 0 Å². The Bertz CT molecular complexity index is 951. The molecule has 7 heteroatoms. The third kappa shape index (κ3) is 5.02. The van der Waals surface area contributed by atoms with E-state index in [1.165, 1.54) is 17.4 Å². The third-order valence-electron chi connectivity index (χ3n) is 3.62. The predicted molar refractivity (Wildman–Crippen MR) is 107 cm³/mol. The van der Waals surface area contributed by atoms with Crippen molar-refractivity contribution in [3.05, 3.63) is 77.3 Å². The number of methoxy groups -OCH3 is 1. The van der Waals surface area contributed by atoms with Crippen LogP contribution in [0.5, 0.6) is 5.75 Å². The molecule has 0 fully saturated rings. The number of carbonyl (C=O) groups excluding carboxylic acids is 2. The van der Waals surface area contributed by atoms with E-state index in [0.29, 0.717) is 22.1 Å². The number of carbonyl (C=O) groups is 2. The first-order valence-electron chi connectivity index (χ1n) is 8.08. The van der Waals surface area contributed by atoms with E-state index in [4.69, 9.17) is 4.74 Å². The van der Waals surface area contributed by atoms with Crippen LogP contribution in [-0.2, 0) is 4.79 Å².